The Morgan fingerprint density at radius 3 is 2.44 bits per heavy atom. The number of nitriles is 1. The first kappa shape index (κ1) is 18.4. The molecule has 2 N–H and O–H groups in total. The molecule has 0 saturated heterocycles. The molecule has 0 saturated carbocycles. The van der Waals surface area contributed by atoms with E-state index in [0.717, 1.165) is 12.0 Å². The Kier molecular flexibility index (Phi) is 5.06. The van der Waals surface area contributed by atoms with Gasteiger partial charge in [-0.3, -0.25) is 10.1 Å². The maximum atomic E-state index is 11.2. The summed E-state index contributed by atoms with van der Waals surface area (Å²) in [6.45, 7) is 2.07. The summed E-state index contributed by atoms with van der Waals surface area (Å²) < 4.78 is 0. The molecule has 0 atom stereocenters. The van der Waals surface area contributed by atoms with Crippen molar-refractivity contribution in [2.24, 2.45) is 0 Å². The second kappa shape index (κ2) is 7.44. The molecule has 3 rings (SSSR count). The van der Waals surface area contributed by atoms with Gasteiger partial charge in [-0.25, -0.2) is 4.98 Å². The molecule has 0 spiro atoms. The number of aromatic nitrogens is 1. The summed E-state index contributed by atoms with van der Waals surface area (Å²) in [5, 5.41) is 20.7. The highest BCUT2D eigenvalue weighted by Crippen LogP contribution is 2.35. The number of nitrogens with two attached hydrogens (primary N) is 1. The van der Waals surface area contributed by atoms with E-state index in [0.29, 0.717) is 16.8 Å². The largest absolute Gasteiger partial charge is 0.383 e. The molecule has 3 aromatic rings. The highest BCUT2D eigenvalue weighted by atomic mass is 35.5. The van der Waals surface area contributed by atoms with Crippen molar-refractivity contribution in [2.75, 3.05) is 5.73 Å². The second-order valence-electron chi connectivity index (χ2n) is 5.90. The van der Waals surface area contributed by atoms with Gasteiger partial charge in [0, 0.05) is 17.2 Å². The highest BCUT2D eigenvalue weighted by molar-refractivity contribution is 6.32. The van der Waals surface area contributed by atoms with Gasteiger partial charge in [-0.1, -0.05) is 48.9 Å². The summed E-state index contributed by atoms with van der Waals surface area (Å²) >= 11 is 5.90. The predicted octanol–water partition coefficient (Wildman–Crippen LogP) is 4.99. The van der Waals surface area contributed by atoms with Crippen LogP contribution in [0.1, 0.15) is 18.1 Å². The lowest BCUT2D eigenvalue weighted by atomic mass is 9.97. The fourth-order valence-corrected chi connectivity index (χ4v) is 2.98. The van der Waals surface area contributed by atoms with Gasteiger partial charge >= 0.3 is 0 Å². The first-order valence-electron chi connectivity index (χ1n) is 8.18. The number of halogens is 1. The van der Waals surface area contributed by atoms with Crippen LogP contribution in [0.25, 0.3) is 22.4 Å². The number of anilines is 1. The summed E-state index contributed by atoms with van der Waals surface area (Å²) in [5.74, 6) is 0.0715. The van der Waals surface area contributed by atoms with Crippen molar-refractivity contribution in [2.45, 2.75) is 13.3 Å². The number of rotatable bonds is 4. The second-order valence-corrected chi connectivity index (χ2v) is 6.31. The van der Waals surface area contributed by atoms with Crippen LogP contribution in [0.15, 0.2) is 48.5 Å². The van der Waals surface area contributed by atoms with Gasteiger partial charge in [0.25, 0.3) is 5.69 Å². The lowest BCUT2D eigenvalue weighted by Gasteiger charge is -2.11. The summed E-state index contributed by atoms with van der Waals surface area (Å²) in [7, 11) is 0. The molecule has 0 aliphatic heterocycles. The first-order valence-corrected chi connectivity index (χ1v) is 8.56. The summed E-state index contributed by atoms with van der Waals surface area (Å²) in [5.41, 5.74) is 9.49. The van der Waals surface area contributed by atoms with Crippen molar-refractivity contribution in [3.8, 4) is 28.5 Å². The number of nitro groups is 1. The van der Waals surface area contributed by atoms with Crippen LogP contribution < -0.4 is 5.73 Å². The number of hydrogen-bond acceptors (Lipinski definition) is 5. The Hall–Kier alpha value is -3.43. The Morgan fingerprint density at radius 2 is 1.85 bits per heavy atom. The van der Waals surface area contributed by atoms with Crippen molar-refractivity contribution < 1.29 is 4.92 Å². The minimum absolute atomic E-state index is 0.0275. The van der Waals surface area contributed by atoms with Crippen LogP contribution in [0.2, 0.25) is 5.02 Å². The van der Waals surface area contributed by atoms with E-state index in [1.807, 2.05) is 30.3 Å². The maximum Gasteiger partial charge on any atom is 0.288 e. The lowest BCUT2D eigenvalue weighted by Crippen LogP contribution is -2.00. The van der Waals surface area contributed by atoms with E-state index >= 15 is 0 Å². The molecule has 27 heavy (non-hydrogen) atoms. The van der Waals surface area contributed by atoms with Gasteiger partial charge < -0.3 is 5.73 Å². The maximum absolute atomic E-state index is 11.2. The van der Waals surface area contributed by atoms with Crippen molar-refractivity contribution >= 4 is 23.1 Å². The van der Waals surface area contributed by atoms with Gasteiger partial charge in [0.1, 0.15) is 22.5 Å². The van der Waals surface area contributed by atoms with Gasteiger partial charge in [0.2, 0.25) is 0 Å². The van der Waals surface area contributed by atoms with Crippen LogP contribution in [-0.4, -0.2) is 9.91 Å². The van der Waals surface area contributed by atoms with E-state index in [1.165, 1.54) is 17.7 Å². The summed E-state index contributed by atoms with van der Waals surface area (Å²) in [4.78, 5) is 15.0. The monoisotopic (exact) mass is 378 g/mol. The standard InChI is InChI=1S/C20H15ClN4O2/c1-2-12-3-5-13(6-4-12)18-10-15(16(11-22)20(23)24-18)14-7-8-17(21)19(9-14)25(26)27/h3-10H,2H2,1H3,(H2,23,24). The van der Waals surface area contributed by atoms with Gasteiger partial charge in [-0.05, 0) is 29.7 Å². The molecule has 6 nitrogen and oxygen atoms in total. The molecule has 0 amide bonds. The number of hydrogen-bond donors (Lipinski definition) is 1. The van der Waals surface area contributed by atoms with E-state index in [-0.39, 0.29) is 22.1 Å². The number of nitrogen functional groups attached to an aromatic ring is 1. The normalized spacial score (nSPS) is 10.4. The van der Waals surface area contributed by atoms with E-state index in [1.54, 1.807) is 12.1 Å². The number of aryl methyl sites for hydroxylation is 1. The molecule has 0 aliphatic carbocycles. The number of nitrogens with zero attached hydrogens (tertiary/aromatic N) is 3. The summed E-state index contributed by atoms with van der Waals surface area (Å²) in [6, 6.07) is 16.0. The minimum atomic E-state index is -0.563. The third kappa shape index (κ3) is 3.59. The fourth-order valence-electron chi connectivity index (χ4n) is 2.79. The van der Waals surface area contributed by atoms with Crippen LogP contribution in [0.3, 0.4) is 0 Å². The molecule has 134 valence electrons. The Labute approximate surface area is 161 Å². The molecule has 0 aliphatic rings. The van der Waals surface area contributed by atoms with Gasteiger partial charge in [0.15, 0.2) is 0 Å². The van der Waals surface area contributed by atoms with Crippen LogP contribution >= 0.6 is 11.6 Å². The molecule has 0 bridgehead atoms. The first-order chi connectivity index (χ1) is 12.9. The average Bonchev–Trinajstić information content (AvgIpc) is 2.67. The van der Waals surface area contributed by atoms with Crippen molar-refractivity contribution in [3.63, 3.8) is 0 Å². The van der Waals surface area contributed by atoms with Gasteiger partial charge in [-0.2, -0.15) is 5.26 Å². The van der Waals surface area contributed by atoms with Gasteiger partial charge in [-0.15, -0.1) is 0 Å². The van der Waals surface area contributed by atoms with E-state index < -0.39 is 4.92 Å². The molecule has 0 fully saturated rings. The predicted molar refractivity (Wildman–Crippen MR) is 105 cm³/mol. The van der Waals surface area contributed by atoms with Crippen LogP contribution in [0.4, 0.5) is 11.5 Å². The Bertz CT molecular complexity index is 1070. The van der Waals surface area contributed by atoms with E-state index in [2.05, 4.69) is 11.9 Å². The van der Waals surface area contributed by atoms with Crippen LogP contribution in [-0.2, 0) is 6.42 Å². The number of nitro benzene ring substituents is 1. The zero-order valence-electron chi connectivity index (χ0n) is 14.4. The molecular weight excluding hydrogens is 364 g/mol. The zero-order valence-corrected chi connectivity index (χ0v) is 15.2. The third-order valence-corrected chi connectivity index (χ3v) is 4.59. The Balaban J connectivity index is 2.20. The quantitative estimate of drug-likeness (QED) is 0.508. The average molecular weight is 379 g/mol. The van der Waals surface area contributed by atoms with Crippen molar-refractivity contribution in [1.29, 1.82) is 5.26 Å². The minimum Gasteiger partial charge on any atom is -0.383 e. The van der Waals surface area contributed by atoms with Gasteiger partial charge in [0.05, 0.1) is 10.6 Å². The lowest BCUT2D eigenvalue weighted by molar-refractivity contribution is -0.384. The molecule has 1 heterocycles. The summed E-state index contributed by atoms with van der Waals surface area (Å²) in [6.07, 6.45) is 0.920. The highest BCUT2D eigenvalue weighted by Gasteiger charge is 2.18. The molecule has 1 aromatic heterocycles. The third-order valence-electron chi connectivity index (χ3n) is 4.27. The van der Waals surface area contributed by atoms with Crippen LogP contribution in [0.5, 0.6) is 0 Å². The van der Waals surface area contributed by atoms with E-state index in [9.17, 15) is 15.4 Å². The number of benzene rings is 2. The SMILES string of the molecule is CCc1ccc(-c2cc(-c3ccc(Cl)c([N+](=O)[O-])c3)c(C#N)c(N)n2)cc1. The molecular formula is C20H15ClN4O2. The van der Waals surface area contributed by atoms with E-state index in [4.69, 9.17) is 17.3 Å². The fraction of sp³-hybridized carbons (Fsp3) is 0.100. The van der Waals surface area contributed by atoms with Crippen molar-refractivity contribution in [3.05, 3.63) is 74.8 Å². The van der Waals surface area contributed by atoms with Crippen LogP contribution in [0, 0.1) is 21.4 Å². The number of pyridine rings is 1. The smallest absolute Gasteiger partial charge is 0.288 e. The van der Waals surface area contributed by atoms with Crippen molar-refractivity contribution in [1.82, 2.24) is 4.98 Å². The topological polar surface area (TPSA) is 106 Å². The molecule has 0 unspecified atom stereocenters. The molecule has 2 aromatic carbocycles. The zero-order chi connectivity index (χ0) is 19.6. The molecule has 7 heteroatoms. The molecule has 0 radical (unpaired) electrons. The Morgan fingerprint density at radius 1 is 1.19 bits per heavy atom.